The van der Waals surface area contributed by atoms with Crippen LogP contribution in [0.3, 0.4) is 0 Å². The van der Waals surface area contributed by atoms with Crippen molar-refractivity contribution < 1.29 is 9.59 Å². The molecular weight excluding hydrogens is 286 g/mol. The molecule has 1 aromatic heterocycles. The first-order valence-corrected chi connectivity index (χ1v) is 6.06. The van der Waals surface area contributed by atoms with Crippen molar-refractivity contribution in [3.8, 4) is 0 Å². The molecule has 2 amide bonds. The number of hydrogen-bond donors (Lipinski definition) is 2. The van der Waals surface area contributed by atoms with Gasteiger partial charge in [-0.3, -0.25) is 9.59 Å². The van der Waals surface area contributed by atoms with Gasteiger partial charge in [-0.15, -0.1) is 0 Å². The molecule has 1 heterocycles. The third-order valence-electron chi connectivity index (χ3n) is 2.47. The summed E-state index contributed by atoms with van der Waals surface area (Å²) in [5, 5.41) is 2.56. The first-order chi connectivity index (χ1) is 7.95. The first kappa shape index (κ1) is 13.8. The molecule has 1 unspecified atom stereocenters. The van der Waals surface area contributed by atoms with Gasteiger partial charge in [0, 0.05) is 31.3 Å². The fourth-order valence-corrected chi connectivity index (χ4v) is 1.86. The van der Waals surface area contributed by atoms with Gasteiger partial charge in [-0.05, 0) is 22.0 Å². The average Bonchev–Trinajstić information content (AvgIpc) is 2.73. The second kappa shape index (κ2) is 5.86. The fraction of sp³-hybridized carbons (Fsp3) is 0.455. The summed E-state index contributed by atoms with van der Waals surface area (Å²) in [7, 11) is 3.26. The number of nitrogens with zero attached hydrogens (tertiary/aromatic N) is 1. The van der Waals surface area contributed by atoms with Crippen LogP contribution >= 0.6 is 15.9 Å². The van der Waals surface area contributed by atoms with Crippen molar-refractivity contribution in [2.75, 3.05) is 20.6 Å². The number of rotatable bonds is 4. The molecule has 0 aliphatic heterocycles. The van der Waals surface area contributed by atoms with E-state index in [0.29, 0.717) is 12.2 Å². The van der Waals surface area contributed by atoms with Crippen LogP contribution in [0, 0.1) is 5.92 Å². The monoisotopic (exact) mass is 301 g/mol. The van der Waals surface area contributed by atoms with Gasteiger partial charge in [0.1, 0.15) is 5.69 Å². The average molecular weight is 302 g/mol. The molecular formula is C11H16BrN3O2. The molecule has 0 saturated carbocycles. The van der Waals surface area contributed by atoms with Crippen molar-refractivity contribution in [3.63, 3.8) is 0 Å². The van der Waals surface area contributed by atoms with Gasteiger partial charge < -0.3 is 15.2 Å². The molecule has 1 rings (SSSR count). The highest BCUT2D eigenvalue weighted by molar-refractivity contribution is 9.10. The molecule has 2 N–H and O–H groups in total. The molecule has 0 aliphatic rings. The highest BCUT2D eigenvalue weighted by Crippen LogP contribution is 2.12. The van der Waals surface area contributed by atoms with Crippen LogP contribution in [0.2, 0.25) is 0 Å². The summed E-state index contributed by atoms with van der Waals surface area (Å²) >= 11 is 3.27. The standard InChI is InChI=1S/C11H16BrN3O2/c1-7(10(16)13-2)6-15(3)11(17)9-4-8(12)5-14-9/h4-5,7,14H,6H2,1-3H3,(H,13,16). The lowest BCUT2D eigenvalue weighted by Gasteiger charge is -2.20. The van der Waals surface area contributed by atoms with E-state index in [1.807, 2.05) is 0 Å². The molecule has 17 heavy (non-hydrogen) atoms. The van der Waals surface area contributed by atoms with Crippen molar-refractivity contribution in [2.24, 2.45) is 5.92 Å². The van der Waals surface area contributed by atoms with E-state index in [0.717, 1.165) is 4.47 Å². The quantitative estimate of drug-likeness (QED) is 0.878. The molecule has 0 aromatic carbocycles. The summed E-state index contributed by atoms with van der Waals surface area (Å²) in [6, 6.07) is 1.71. The van der Waals surface area contributed by atoms with Crippen molar-refractivity contribution in [1.29, 1.82) is 0 Å². The Hall–Kier alpha value is -1.30. The van der Waals surface area contributed by atoms with E-state index in [4.69, 9.17) is 0 Å². The molecule has 0 saturated heterocycles. The lowest BCUT2D eigenvalue weighted by Crippen LogP contribution is -2.37. The lowest BCUT2D eigenvalue weighted by atomic mass is 10.1. The first-order valence-electron chi connectivity index (χ1n) is 5.26. The molecule has 0 spiro atoms. The second-order valence-electron chi connectivity index (χ2n) is 3.93. The fourth-order valence-electron chi connectivity index (χ4n) is 1.52. The highest BCUT2D eigenvalue weighted by Gasteiger charge is 2.19. The number of aromatic amines is 1. The summed E-state index contributed by atoms with van der Waals surface area (Å²) in [6.45, 7) is 2.17. The van der Waals surface area contributed by atoms with Gasteiger partial charge in [0.2, 0.25) is 5.91 Å². The van der Waals surface area contributed by atoms with E-state index in [1.54, 1.807) is 33.3 Å². The topological polar surface area (TPSA) is 65.2 Å². The molecule has 1 atom stereocenters. The van der Waals surface area contributed by atoms with Gasteiger partial charge >= 0.3 is 0 Å². The Morgan fingerprint density at radius 1 is 1.59 bits per heavy atom. The Bertz CT molecular complexity index is 417. The maximum Gasteiger partial charge on any atom is 0.270 e. The SMILES string of the molecule is CNC(=O)C(C)CN(C)C(=O)c1cc(Br)c[nH]1. The number of nitrogens with one attached hydrogen (secondary N) is 2. The van der Waals surface area contributed by atoms with Crippen LogP contribution in [0.1, 0.15) is 17.4 Å². The summed E-state index contributed by atoms with van der Waals surface area (Å²) in [5.74, 6) is -0.434. The third-order valence-corrected chi connectivity index (χ3v) is 2.92. The zero-order chi connectivity index (χ0) is 13.0. The minimum atomic E-state index is -0.229. The van der Waals surface area contributed by atoms with Gasteiger partial charge in [-0.2, -0.15) is 0 Å². The van der Waals surface area contributed by atoms with Crippen molar-refractivity contribution in [3.05, 3.63) is 22.4 Å². The zero-order valence-electron chi connectivity index (χ0n) is 10.1. The molecule has 94 valence electrons. The van der Waals surface area contributed by atoms with Crippen LogP contribution in [-0.2, 0) is 4.79 Å². The van der Waals surface area contributed by atoms with E-state index >= 15 is 0 Å². The summed E-state index contributed by atoms with van der Waals surface area (Å²) < 4.78 is 0.827. The number of amides is 2. The number of halogens is 1. The maximum absolute atomic E-state index is 11.9. The predicted octanol–water partition coefficient (Wildman–Crippen LogP) is 1.23. The van der Waals surface area contributed by atoms with Gasteiger partial charge in [-0.1, -0.05) is 6.92 Å². The summed E-state index contributed by atoms with van der Waals surface area (Å²) in [4.78, 5) is 27.7. The summed E-state index contributed by atoms with van der Waals surface area (Å²) in [6.07, 6.45) is 1.70. The molecule has 6 heteroatoms. The van der Waals surface area contributed by atoms with Crippen molar-refractivity contribution in [2.45, 2.75) is 6.92 Å². The molecule has 5 nitrogen and oxygen atoms in total. The smallest absolute Gasteiger partial charge is 0.270 e. The Labute approximate surface area is 109 Å². The zero-order valence-corrected chi connectivity index (χ0v) is 11.7. The van der Waals surface area contributed by atoms with E-state index in [2.05, 4.69) is 26.2 Å². The number of carbonyl (C=O) groups excluding carboxylic acids is 2. The number of hydrogen-bond acceptors (Lipinski definition) is 2. The molecule has 0 aliphatic carbocycles. The van der Waals surface area contributed by atoms with Crippen LogP contribution in [0.4, 0.5) is 0 Å². The highest BCUT2D eigenvalue weighted by atomic mass is 79.9. The van der Waals surface area contributed by atoms with Crippen LogP contribution in [0.25, 0.3) is 0 Å². The summed E-state index contributed by atoms with van der Waals surface area (Å²) in [5.41, 5.74) is 0.503. The van der Waals surface area contributed by atoms with Gasteiger partial charge in [-0.25, -0.2) is 0 Å². The van der Waals surface area contributed by atoms with Gasteiger partial charge in [0.15, 0.2) is 0 Å². The largest absolute Gasteiger partial charge is 0.359 e. The second-order valence-corrected chi connectivity index (χ2v) is 4.85. The van der Waals surface area contributed by atoms with E-state index in [-0.39, 0.29) is 17.7 Å². The molecule has 0 radical (unpaired) electrons. The van der Waals surface area contributed by atoms with Crippen LogP contribution in [-0.4, -0.2) is 42.3 Å². The lowest BCUT2D eigenvalue weighted by molar-refractivity contribution is -0.124. The predicted molar refractivity (Wildman–Crippen MR) is 68.7 cm³/mol. The molecule has 0 bridgehead atoms. The third kappa shape index (κ3) is 3.59. The van der Waals surface area contributed by atoms with Crippen molar-refractivity contribution in [1.82, 2.24) is 15.2 Å². The molecule has 1 aromatic rings. The van der Waals surface area contributed by atoms with E-state index < -0.39 is 0 Å². The minimum absolute atomic E-state index is 0.0719. The Balaban J connectivity index is 2.62. The number of H-pyrrole nitrogens is 1. The van der Waals surface area contributed by atoms with Crippen LogP contribution in [0.15, 0.2) is 16.7 Å². The van der Waals surface area contributed by atoms with Crippen LogP contribution in [0.5, 0.6) is 0 Å². The van der Waals surface area contributed by atoms with Gasteiger partial charge in [0.25, 0.3) is 5.91 Å². The normalized spacial score (nSPS) is 12.0. The number of aromatic nitrogens is 1. The van der Waals surface area contributed by atoms with E-state index in [1.165, 1.54) is 4.90 Å². The Morgan fingerprint density at radius 2 is 2.24 bits per heavy atom. The minimum Gasteiger partial charge on any atom is -0.359 e. The Kier molecular flexibility index (Phi) is 4.74. The van der Waals surface area contributed by atoms with Gasteiger partial charge in [0.05, 0.1) is 5.92 Å². The van der Waals surface area contributed by atoms with Crippen molar-refractivity contribution >= 4 is 27.7 Å². The molecule has 0 fully saturated rings. The van der Waals surface area contributed by atoms with Crippen LogP contribution < -0.4 is 5.32 Å². The Morgan fingerprint density at radius 3 is 2.71 bits per heavy atom. The maximum atomic E-state index is 11.9. The van der Waals surface area contributed by atoms with E-state index in [9.17, 15) is 9.59 Å². The number of carbonyl (C=O) groups is 2.